The first kappa shape index (κ1) is 15.7. The number of carbonyl (C=O) groups is 2. The lowest BCUT2D eigenvalue weighted by atomic mass is 10.1. The summed E-state index contributed by atoms with van der Waals surface area (Å²) in [5.41, 5.74) is -1.31. The summed E-state index contributed by atoms with van der Waals surface area (Å²) < 4.78 is 9.91. The molecule has 0 bridgehead atoms. The van der Waals surface area contributed by atoms with E-state index in [-0.39, 0.29) is 12.6 Å². The standard InChI is InChI=1S/C10H20N2O5/c1-10(2,8(13)14)12-9(15)11-5-7(17-4)6-16-3/h7H,5-6H2,1-4H3,(H,13,14)(H2,11,12,15). The molecule has 0 aromatic rings. The van der Waals surface area contributed by atoms with Crippen LogP contribution in [-0.4, -0.2) is 56.1 Å². The van der Waals surface area contributed by atoms with Crippen LogP contribution in [0.5, 0.6) is 0 Å². The average Bonchev–Trinajstić information content (AvgIpc) is 2.23. The summed E-state index contributed by atoms with van der Waals surface area (Å²) in [6.45, 7) is 3.39. The monoisotopic (exact) mass is 248 g/mol. The number of aliphatic carboxylic acids is 1. The maximum Gasteiger partial charge on any atom is 0.328 e. The molecular formula is C10H20N2O5. The topological polar surface area (TPSA) is 96.9 Å². The molecule has 1 unspecified atom stereocenters. The quantitative estimate of drug-likeness (QED) is 0.580. The second kappa shape index (κ2) is 7.08. The highest BCUT2D eigenvalue weighted by atomic mass is 16.5. The average molecular weight is 248 g/mol. The van der Waals surface area contributed by atoms with E-state index >= 15 is 0 Å². The number of rotatable bonds is 7. The minimum Gasteiger partial charge on any atom is -0.480 e. The third kappa shape index (κ3) is 6.08. The maximum absolute atomic E-state index is 11.4. The Morgan fingerprint density at radius 1 is 1.35 bits per heavy atom. The summed E-state index contributed by atoms with van der Waals surface area (Å²) in [5.74, 6) is -1.10. The molecule has 0 aliphatic heterocycles. The zero-order chi connectivity index (χ0) is 13.5. The molecule has 3 N–H and O–H groups in total. The summed E-state index contributed by atoms with van der Waals surface area (Å²) in [6, 6.07) is -0.560. The van der Waals surface area contributed by atoms with Gasteiger partial charge < -0.3 is 25.2 Å². The van der Waals surface area contributed by atoms with Crippen LogP contribution in [0.4, 0.5) is 4.79 Å². The Morgan fingerprint density at radius 2 is 1.94 bits per heavy atom. The van der Waals surface area contributed by atoms with Crippen LogP contribution in [0.3, 0.4) is 0 Å². The SMILES string of the molecule is COCC(CNC(=O)NC(C)(C)C(=O)O)OC. The molecule has 2 amide bonds. The summed E-state index contributed by atoms with van der Waals surface area (Å²) >= 11 is 0. The molecule has 0 fully saturated rings. The van der Waals surface area contributed by atoms with E-state index in [4.69, 9.17) is 14.6 Å². The fourth-order valence-electron chi connectivity index (χ4n) is 0.984. The number of hydrogen-bond donors (Lipinski definition) is 3. The van der Waals surface area contributed by atoms with Gasteiger partial charge >= 0.3 is 12.0 Å². The molecule has 0 spiro atoms. The number of carbonyl (C=O) groups excluding carboxylic acids is 1. The number of urea groups is 1. The van der Waals surface area contributed by atoms with Gasteiger partial charge in [-0.05, 0) is 13.8 Å². The van der Waals surface area contributed by atoms with Crippen molar-refractivity contribution >= 4 is 12.0 Å². The molecule has 17 heavy (non-hydrogen) atoms. The largest absolute Gasteiger partial charge is 0.480 e. The number of methoxy groups -OCH3 is 2. The summed E-state index contributed by atoms with van der Waals surface area (Å²) in [4.78, 5) is 22.2. The number of carboxylic acid groups (broad SMARTS) is 1. The highest BCUT2D eigenvalue weighted by Gasteiger charge is 2.28. The molecule has 7 heteroatoms. The molecule has 0 saturated heterocycles. The van der Waals surface area contributed by atoms with Crippen LogP contribution in [0.25, 0.3) is 0 Å². The van der Waals surface area contributed by atoms with Crippen LogP contribution in [0, 0.1) is 0 Å². The van der Waals surface area contributed by atoms with Crippen molar-refractivity contribution in [3.05, 3.63) is 0 Å². The minimum atomic E-state index is -1.31. The van der Waals surface area contributed by atoms with E-state index in [1.807, 2.05) is 0 Å². The van der Waals surface area contributed by atoms with E-state index in [1.54, 1.807) is 0 Å². The van der Waals surface area contributed by atoms with Crippen LogP contribution in [0.2, 0.25) is 0 Å². The van der Waals surface area contributed by atoms with Gasteiger partial charge in [0.15, 0.2) is 0 Å². The van der Waals surface area contributed by atoms with E-state index in [0.717, 1.165) is 0 Å². The molecule has 7 nitrogen and oxygen atoms in total. The Labute approximate surface area is 100 Å². The van der Waals surface area contributed by atoms with Gasteiger partial charge in [-0.3, -0.25) is 0 Å². The van der Waals surface area contributed by atoms with Gasteiger partial charge in [0.1, 0.15) is 5.54 Å². The van der Waals surface area contributed by atoms with Crippen molar-refractivity contribution in [3.8, 4) is 0 Å². The first-order valence-corrected chi connectivity index (χ1v) is 5.14. The number of nitrogens with one attached hydrogen (secondary N) is 2. The van der Waals surface area contributed by atoms with Crippen LogP contribution in [0.1, 0.15) is 13.8 Å². The molecule has 0 rings (SSSR count). The van der Waals surface area contributed by atoms with Crippen LogP contribution in [-0.2, 0) is 14.3 Å². The van der Waals surface area contributed by atoms with Gasteiger partial charge in [0.2, 0.25) is 0 Å². The molecule has 100 valence electrons. The minimum absolute atomic E-state index is 0.242. The van der Waals surface area contributed by atoms with E-state index in [9.17, 15) is 9.59 Å². The van der Waals surface area contributed by atoms with Crippen molar-refractivity contribution in [2.24, 2.45) is 0 Å². The lowest BCUT2D eigenvalue weighted by Gasteiger charge is -2.22. The smallest absolute Gasteiger partial charge is 0.328 e. The van der Waals surface area contributed by atoms with E-state index in [0.29, 0.717) is 6.61 Å². The predicted molar refractivity (Wildman–Crippen MR) is 60.9 cm³/mol. The van der Waals surface area contributed by atoms with Crippen molar-refractivity contribution in [2.75, 3.05) is 27.4 Å². The molecule has 1 atom stereocenters. The van der Waals surface area contributed by atoms with Crippen LogP contribution in [0.15, 0.2) is 0 Å². The van der Waals surface area contributed by atoms with Crippen molar-refractivity contribution in [3.63, 3.8) is 0 Å². The lowest BCUT2D eigenvalue weighted by Crippen LogP contribution is -2.54. The first-order chi connectivity index (χ1) is 7.83. The Hall–Kier alpha value is -1.34. The predicted octanol–water partition coefficient (Wildman–Crippen LogP) is -0.190. The van der Waals surface area contributed by atoms with Crippen molar-refractivity contribution in [2.45, 2.75) is 25.5 Å². The highest BCUT2D eigenvalue weighted by Crippen LogP contribution is 2.00. The summed E-state index contributed by atoms with van der Waals surface area (Å²) in [5, 5.41) is 13.7. The Balaban J connectivity index is 4.06. The molecule has 0 saturated carbocycles. The zero-order valence-corrected chi connectivity index (χ0v) is 10.6. The number of ether oxygens (including phenoxy) is 2. The summed E-state index contributed by atoms with van der Waals surface area (Å²) in [7, 11) is 3.03. The molecule has 0 aromatic heterocycles. The molecule has 0 aliphatic rings. The fourth-order valence-corrected chi connectivity index (χ4v) is 0.984. The van der Waals surface area contributed by atoms with Gasteiger partial charge in [-0.15, -0.1) is 0 Å². The molecule has 0 radical (unpaired) electrons. The van der Waals surface area contributed by atoms with Gasteiger partial charge in [-0.2, -0.15) is 0 Å². The van der Waals surface area contributed by atoms with Crippen LogP contribution >= 0.6 is 0 Å². The number of hydrogen-bond acceptors (Lipinski definition) is 4. The fraction of sp³-hybridized carbons (Fsp3) is 0.800. The number of carboxylic acids is 1. The molecule has 0 heterocycles. The third-order valence-electron chi connectivity index (χ3n) is 2.14. The van der Waals surface area contributed by atoms with Gasteiger partial charge in [0.25, 0.3) is 0 Å². The van der Waals surface area contributed by atoms with Crippen LogP contribution < -0.4 is 10.6 Å². The van der Waals surface area contributed by atoms with Crippen molar-refractivity contribution in [1.82, 2.24) is 10.6 Å². The zero-order valence-electron chi connectivity index (χ0n) is 10.6. The van der Waals surface area contributed by atoms with Crippen molar-refractivity contribution in [1.29, 1.82) is 0 Å². The molecule has 0 aliphatic carbocycles. The van der Waals surface area contributed by atoms with E-state index < -0.39 is 17.5 Å². The second-order valence-electron chi connectivity index (χ2n) is 4.08. The Morgan fingerprint density at radius 3 is 2.35 bits per heavy atom. The number of amides is 2. The van der Waals surface area contributed by atoms with Gasteiger partial charge in [0, 0.05) is 20.8 Å². The van der Waals surface area contributed by atoms with Crippen molar-refractivity contribution < 1.29 is 24.2 Å². The summed E-state index contributed by atoms with van der Waals surface area (Å²) in [6.07, 6.45) is -0.265. The first-order valence-electron chi connectivity index (χ1n) is 5.14. The third-order valence-corrected chi connectivity index (χ3v) is 2.14. The lowest BCUT2D eigenvalue weighted by molar-refractivity contribution is -0.142. The maximum atomic E-state index is 11.4. The Kier molecular flexibility index (Phi) is 6.52. The molecule has 0 aromatic carbocycles. The molecular weight excluding hydrogens is 228 g/mol. The second-order valence-corrected chi connectivity index (χ2v) is 4.08. The van der Waals surface area contributed by atoms with Gasteiger partial charge in [-0.1, -0.05) is 0 Å². The van der Waals surface area contributed by atoms with E-state index in [2.05, 4.69) is 10.6 Å². The highest BCUT2D eigenvalue weighted by molar-refractivity contribution is 5.85. The van der Waals surface area contributed by atoms with Gasteiger partial charge in [0.05, 0.1) is 12.7 Å². The van der Waals surface area contributed by atoms with Gasteiger partial charge in [-0.25, -0.2) is 9.59 Å². The normalized spacial score (nSPS) is 12.9. The van der Waals surface area contributed by atoms with E-state index in [1.165, 1.54) is 28.1 Å². The Bertz CT molecular complexity index is 267.